The van der Waals surface area contributed by atoms with E-state index < -0.39 is 10.0 Å². The fourth-order valence-electron chi connectivity index (χ4n) is 2.44. The van der Waals surface area contributed by atoms with E-state index in [-0.39, 0.29) is 10.8 Å². The summed E-state index contributed by atoms with van der Waals surface area (Å²) in [6, 6.07) is 9.94. The number of methoxy groups -OCH3 is 1. The van der Waals surface area contributed by atoms with Gasteiger partial charge in [-0.15, -0.1) is 0 Å². The second-order valence-electron chi connectivity index (χ2n) is 6.08. The van der Waals surface area contributed by atoms with Gasteiger partial charge in [-0.1, -0.05) is 18.2 Å². The summed E-state index contributed by atoms with van der Waals surface area (Å²) in [6.45, 7) is 6.28. The third-order valence-corrected chi connectivity index (χ3v) is 5.57. The Balaban J connectivity index is 2.31. The molecule has 0 atom stereocenters. The number of carbonyl (C=O) groups excluding carboxylic acids is 1. The van der Waals surface area contributed by atoms with Gasteiger partial charge in [0.05, 0.1) is 17.2 Å². The largest absolute Gasteiger partial charge is 0.383 e. The molecular weight excluding hydrogens is 352 g/mol. The summed E-state index contributed by atoms with van der Waals surface area (Å²) in [5.74, 6) is -0.330. The van der Waals surface area contributed by atoms with Crippen molar-refractivity contribution >= 4 is 21.6 Å². The van der Waals surface area contributed by atoms with Crippen LogP contribution in [0.5, 0.6) is 0 Å². The molecule has 0 aliphatic carbocycles. The number of amides is 1. The van der Waals surface area contributed by atoms with Crippen LogP contribution in [-0.2, 0) is 14.8 Å². The summed E-state index contributed by atoms with van der Waals surface area (Å²) < 4.78 is 33.0. The van der Waals surface area contributed by atoms with Crippen molar-refractivity contribution in [2.24, 2.45) is 0 Å². The van der Waals surface area contributed by atoms with Crippen molar-refractivity contribution in [3.05, 3.63) is 58.7 Å². The van der Waals surface area contributed by atoms with Gasteiger partial charge in [0.15, 0.2) is 0 Å². The predicted octanol–water partition coefficient (Wildman–Crippen LogP) is 2.79. The SMILES string of the molecule is COCCNC(=O)c1cc(S(=O)(=O)Nc2cccc(C)c2C)ccc1C. The topological polar surface area (TPSA) is 84.5 Å². The molecule has 2 rings (SSSR count). The molecule has 0 unspecified atom stereocenters. The Morgan fingerprint density at radius 1 is 1.08 bits per heavy atom. The normalized spacial score (nSPS) is 11.2. The second-order valence-corrected chi connectivity index (χ2v) is 7.76. The van der Waals surface area contributed by atoms with E-state index in [9.17, 15) is 13.2 Å². The smallest absolute Gasteiger partial charge is 0.261 e. The van der Waals surface area contributed by atoms with Crippen LogP contribution in [0.1, 0.15) is 27.0 Å². The molecule has 0 aromatic heterocycles. The maximum atomic E-state index is 12.7. The molecule has 0 bridgehead atoms. The lowest BCUT2D eigenvalue weighted by atomic mass is 10.1. The van der Waals surface area contributed by atoms with Crippen molar-refractivity contribution in [3.63, 3.8) is 0 Å². The van der Waals surface area contributed by atoms with E-state index in [4.69, 9.17) is 4.74 Å². The Morgan fingerprint density at radius 3 is 2.50 bits per heavy atom. The Labute approximate surface area is 154 Å². The van der Waals surface area contributed by atoms with Crippen molar-refractivity contribution < 1.29 is 17.9 Å². The molecule has 0 aliphatic rings. The number of carbonyl (C=O) groups is 1. The molecule has 7 heteroatoms. The van der Waals surface area contributed by atoms with Gasteiger partial charge in [0.2, 0.25) is 0 Å². The van der Waals surface area contributed by atoms with E-state index in [2.05, 4.69) is 10.0 Å². The molecule has 0 spiro atoms. The molecule has 0 heterocycles. The minimum atomic E-state index is -3.81. The van der Waals surface area contributed by atoms with Crippen LogP contribution < -0.4 is 10.0 Å². The highest BCUT2D eigenvalue weighted by molar-refractivity contribution is 7.92. The molecule has 26 heavy (non-hydrogen) atoms. The lowest BCUT2D eigenvalue weighted by Crippen LogP contribution is -2.28. The molecule has 140 valence electrons. The quantitative estimate of drug-likeness (QED) is 0.728. The van der Waals surface area contributed by atoms with Crippen molar-refractivity contribution in [2.75, 3.05) is 25.0 Å². The first-order chi connectivity index (χ1) is 12.3. The standard InChI is InChI=1S/C19H24N2O4S/c1-13-6-5-7-18(15(13)3)21-26(23,24)16-9-8-14(2)17(12-16)19(22)20-10-11-25-4/h5-9,12,21H,10-11H2,1-4H3,(H,20,22). The molecule has 2 aromatic carbocycles. The van der Waals surface area contributed by atoms with E-state index in [1.807, 2.05) is 19.9 Å². The summed E-state index contributed by atoms with van der Waals surface area (Å²) in [5.41, 5.74) is 3.40. The summed E-state index contributed by atoms with van der Waals surface area (Å²) in [6.07, 6.45) is 0. The van der Waals surface area contributed by atoms with Crippen LogP contribution in [0.3, 0.4) is 0 Å². The molecule has 6 nitrogen and oxygen atoms in total. The third kappa shape index (κ3) is 4.62. The van der Waals surface area contributed by atoms with Crippen molar-refractivity contribution in [1.29, 1.82) is 0 Å². The van der Waals surface area contributed by atoms with Gasteiger partial charge < -0.3 is 10.1 Å². The van der Waals surface area contributed by atoms with Gasteiger partial charge in [-0.2, -0.15) is 0 Å². The first-order valence-electron chi connectivity index (χ1n) is 8.23. The highest BCUT2D eigenvalue weighted by Gasteiger charge is 2.19. The van der Waals surface area contributed by atoms with E-state index in [0.29, 0.717) is 30.0 Å². The zero-order valence-electron chi connectivity index (χ0n) is 15.4. The van der Waals surface area contributed by atoms with Crippen molar-refractivity contribution in [1.82, 2.24) is 5.32 Å². The number of anilines is 1. The fourth-order valence-corrected chi connectivity index (χ4v) is 3.59. The van der Waals surface area contributed by atoms with Crippen molar-refractivity contribution in [2.45, 2.75) is 25.7 Å². The lowest BCUT2D eigenvalue weighted by molar-refractivity contribution is 0.0936. The van der Waals surface area contributed by atoms with Gasteiger partial charge >= 0.3 is 0 Å². The fraction of sp³-hybridized carbons (Fsp3) is 0.316. The number of nitrogens with one attached hydrogen (secondary N) is 2. The average Bonchev–Trinajstić information content (AvgIpc) is 2.59. The van der Waals surface area contributed by atoms with Gasteiger partial charge in [-0.3, -0.25) is 9.52 Å². The summed E-state index contributed by atoms with van der Waals surface area (Å²) in [5, 5.41) is 2.71. The van der Waals surface area contributed by atoms with Crippen molar-refractivity contribution in [3.8, 4) is 0 Å². The molecule has 0 saturated carbocycles. The van der Waals surface area contributed by atoms with Gasteiger partial charge in [-0.25, -0.2) is 8.42 Å². The van der Waals surface area contributed by atoms with Gasteiger partial charge in [-0.05, 0) is 55.7 Å². The van der Waals surface area contributed by atoms with E-state index >= 15 is 0 Å². The minimum absolute atomic E-state index is 0.0425. The lowest BCUT2D eigenvalue weighted by Gasteiger charge is -2.14. The Kier molecular flexibility index (Phi) is 6.39. The molecule has 2 N–H and O–H groups in total. The summed E-state index contributed by atoms with van der Waals surface area (Å²) >= 11 is 0. The van der Waals surface area contributed by atoms with Crippen LogP contribution in [0.25, 0.3) is 0 Å². The highest BCUT2D eigenvalue weighted by Crippen LogP contribution is 2.23. The molecule has 2 aromatic rings. The Morgan fingerprint density at radius 2 is 1.81 bits per heavy atom. The van der Waals surface area contributed by atoms with Gasteiger partial charge in [0, 0.05) is 19.2 Å². The van der Waals surface area contributed by atoms with E-state index in [1.54, 1.807) is 32.2 Å². The average molecular weight is 376 g/mol. The van der Waals surface area contributed by atoms with Gasteiger partial charge in [0.1, 0.15) is 0 Å². The number of hydrogen-bond acceptors (Lipinski definition) is 4. The zero-order valence-corrected chi connectivity index (χ0v) is 16.2. The highest BCUT2D eigenvalue weighted by atomic mass is 32.2. The van der Waals surface area contributed by atoms with Crippen LogP contribution in [0.15, 0.2) is 41.3 Å². The van der Waals surface area contributed by atoms with Gasteiger partial charge in [0.25, 0.3) is 15.9 Å². The summed E-state index contributed by atoms with van der Waals surface area (Å²) in [7, 11) is -2.26. The summed E-state index contributed by atoms with van der Waals surface area (Å²) in [4.78, 5) is 12.3. The predicted molar refractivity (Wildman–Crippen MR) is 102 cm³/mol. The molecule has 0 aliphatic heterocycles. The monoisotopic (exact) mass is 376 g/mol. The van der Waals surface area contributed by atoms with Crippen LogP contribution in [0.4, 0.5) is 5.69 Å². The number of ether oxygens (including phenoxy) is 1. The number of hydrogen-bond donors (Lipinski definition) is 2. The number of rotatable bonds is 7. The maximum absolute atomic E-state index is 12.7. The first kappa shape index (κ1) is 19.9. The zero-order chi connectivity index (χ0) is 19.3. The number of sulfonamides is 1. The third-order valence-electron chi connectivity index (χ3n) is 4.20. The van der Waals surface area contributed by atoms with Crippen LogP contribution in [0.2, 0.25) is 0 Å². The Hall–Kier alpha value is -2.38. The number of benzene rings is 2. The first-order valence-corrected chi connectivity index (χ1v) is 9.71. The van der Waals surface area contributed by atoms with Crippen LogP contribution >= 0.6 is 0 Å². The van der Waals surface area contributed by atoms with E-state index in [1.165, 1.54) is 12.1 Å². The molecule has 1 amide bonds. The van der Waals surface area contributed by atoms with Crippen LogP contribution in [0, 0.1) is 20.8 Å². The van der Waals surface area contributed by atoms with Crippen LogP contribution in [-0.4, -0.2) is 34.6 Å². The molecule has 0 saturated heterocycles. The molecule has 0 radical (unpaired) electrons. The minimum Gasteiger partial charge on any atom is -0.383 e. The molecule has 0 fully saturated rings. The Bertz CT molecular complexity index is 908. The maximum Gasteiger partial charge on any atom is 0.261 e. The number of aryl methyl sites for hydroxylation is 2. The van der Waals surface area contributed by atoms with E-state index in [0.717, 1.165) is 11.1 Å². The second kappa shape index (κ2) is 8.33. The molecular formula is C19H24N2O4S.